The molecule has 4 atom stereocenters. The number of aliphatic hydroxyl groups is 1. The van der Waals surface area contributed by atoms with Crippen LogP contribution in [0.1, 0.15) is 68.7 Å². The lowest BCUT2D eigenvalue weighted by Gasteiger charge is -2.41. The lowest BCUT2D eigenvalue weighted by atomic mass is 10.1. The van der Waals surface area contributed by atoms with Crippen LogP contribution in [0.2, 0.25) is 36.3 Å². The van der Waals surface area contributed by atoms with Crippen LogP contribution in [0.25, 0.3) is 0 Å². The molecule has 0 aromatic heterocycles. The maximum Gasteiger partial charge on any atom is 0.421 e. The number of imide groups is 1. The molecular formula is C27H51BrN2O7Si2. The Labute approximate surface area is 245 Å². The summed E-state index contributed by atoms with van der Waals surface area (Å²) in [5, 5.41) is 11.5. The Kier molecular flexibility index (Phi) is 10.5. The van der Waals surface area contributed by atoms with E-state index in [1.165, 1.54) is 4.90 Å². The number of aliphatic hydroxyl groups excluding tert-OH is 1. The van der Waals surface area contributed by atoms with Crippen LogP contribution < -0.4 is 0 Å². The van der Waals surface area contributed by atoms with Crippen molar-refractivity contribution in [3.05, 3.63) is 11.8 Å². The van der Waals surface area contributed by atoms with Crippen LogP contribution in [0, 0.1) is 0 Å². The molecule has 0 aromatic carbocycles. The zero-order chi connectivity index (χ0) is 30.4. The van der Waals surface area contributed by atoms with Gasteiger partial charge in [0.25, 0.3) is 5.91 Å². The molecule has 9 nitrogen and oxygen atoms in total. The van der Waals surface area contributed by atoms with Crippen molar-refractivity contribution in [2.45, 2.75) is 135 Å². The number of halogens is 1. The quantitative estimate of drug-likeness (QED) is 0.259. The third-order valence-electron chi connectivity index (χ3n) is 8.21. The molecule has 0 aromatic rings. The second kappa shape index (κ2) is 11.8. The maximum atomic E-state index is 13.1. The first-order valence-electron chi connectivity index (χ1n) is 13.7. The van der Waals surface area contributed by atoms with Gasteiger partial charge in [0.05, 0.1) is 12.7 Å². The number of alkyl halides is 1. The molecule has 1 fully saturated rings. The molecule has 0 bridgehead atoms. The lowest BCUT2D eigenvalue weighted by Crippen LogP contribution is -2.59. The first-order valence-corrected chi connectivity index (χ1v) is 20.6. The van der Waals surface area contributed by atoms with Gasteiger partial charge in [-0.05, 0) is 57.0 Å². The zero-order valence-corrected chi connectivity index (χ0v) is 29.8. The van der Waals surface area contributed by atoms with E-state index in [-0.39, 0.29) is 27.6 Å². The third kappa shape index (κ3) is 8.17. The summed E-state index contributed by atoms with van der Waals surface area (Å²) in [6, 6.07) is 0. The van der Waals surface area contributed by atoms with Crippen LogP contribution in [0.3, 0.4) is 0 Å². The number of hydrogen-bond acceptors (Lipinski definition) is 8. The number of rotatable bonds is 7. The van der Waals surface area contributed by atoms with E-state index in [1.807, 2.05) is 0 Å². The Morgan fingerprint density at radius 3 is 2.05 bits per heavy atom. The van der Waals surface area contributed by atoms with Gasteiger partial charge in [0, 0.05) is 23.5 Å². The van der Waals surface area contributed by atoms with E-state index in [0.717, 1.165) is 4.90 Å². The van der Waals surface area contributed by atoms with Crippen LogP contribution in [0.15, 0.2) is 11.8 Å². The highest BCUT2D eigenvalue weighted by Crippen LogP contribution is 2.42. The Morgan fingerprint density at radius 1 is 1.05 bits per heavy atom. The number of carbonyl (C=O) groups excluding carboxylic acids is 2. The fraction of sp³-hybridized carbons (Fsp3) is 0.852. The summed E-state index contributed by atoms with van der Waals surface area (Å²) in [6.07, 6.45) is -1.80. The second-order valence-electron chi connectivity index (χ2n) is 14.6. The van der Waals surface area contributed by atoms with E-state index in [9.17, 15) is 14.7 Å². The normalized spacial score (nSPS) is 25.7. The van der Waals surface area contributed by atoms with E-state index >= 15 is 0 Å². The van der Waals surface area contributed by atoms with Crippen LogP contribution >= 0.6 is 15.9 Å². The van der Waals surface area contributed by atoms with Gasteiger partial charge in [-0.15, -0.1) is 0 Å². The highest BCUT2D eigenvalue weighted by molar-refractivity contribution is 9.09. The molecule has 2 amide bonds. The average Bonchev–Trinajstić information content (AvgIpc) is 3.11. The molecule has 2 aliphatic heterocycles. The molecule has 1 saturated heterocycles. The monoisotopic (exact) mass is 650 g/mol. The molecule has 0 radical (unpaired) electrons. The zero-order valence-electron chi connectivity index (χ0n) is 26.2. The summed E-state index contributed by atoms with van der Waals surface area (Å²) in [7, 11) is -4.24. The Balaban J connectivity index is 2.40. The van der Waals surface area contributed by atoms with Gasteiger partial charge in [-0.2, -0.15) is 4.90 Å². The van der Waals surface area contributed by atoms with Crippen LogP contribution in [0.5, 0.6) is 0 Å². The van der Waals surface area contributed by atoms with E-state index in [1.54, 1.807) is 27.0 Å². The smallest absolute Gasteiger partial charge is 0.421 e. The largest absolute Gasteiger partial charge is 0.443 e. The summed E-state index contributed by atoms with van der Waals surface area (Å²) in [5.74, 6) is -0.616. The van der Waals surface area contributed by atoms with Crippen molar-refractivity contribution in [1.82, 2.24) is 9.80 Å². The summed E-state index contributed by atoms with van der Waals surface area (Å²) < 4.78 is 25.3. The average molecular weight is 652 g/mol. The van der Waals surface area contributed by atoms with Gasteiger partial charge in [-0.25, -0.2) is 4.79 Å². The molecule has 0 spiro atoms. The van der Waals surface area contributed by atoms with Gasteiger partial charge in [-0.1, -0.05) is 57.5 Å². The number of carbonyl (C=O) groups is 2. The van der Waals surface area contributed by atoms with Crippen molar-refractivity contribution in [1.29, 1.82) is 0 Å². The number of amides is 2. The highest BCUT2D eigenvalue weighted by Gasteiger charge is 2.50. The number of hydrogen-bond donors (Lipinski definition) is 1. The summed E-state index contributed by atoms with van der Waals surface area (Å²) in [6.45, 7) is 27.5. The molecule has 0 saturated carbocycles. The molecule has 2 heterocycles. The van der Waals surface area contributed by atoms with Crippen molar-refractivity contribution in [2.24, 2.45) is 0 Å². The van der Waals surface area contributed by atoms with E-state index in [4.69, 9.17) is 18.3 Å². The fourth-order valence-electron chi connectivity index (χ4n) is 3.73. The molecule has 39 heavy (non-hydrogen) atoms. The van der Waals surface area contributed by atoms with Crippen LogP contribution in [-0.2, 0) is 23.1 Å². The van der Waals surface area contributed by atoms with Gasteiger partial charge < -0.3 is 28.3 Å². The number of nitrogens with zero attached hydrogens (tertiary/aromatic N) is 2. The van der Waals surface area contributed by atoms with E-state index in [0.29, 0.717) is 18.6 Å². The Hall–Kier alpha value is -0.766. The Bertz CT molecular complexity index is 938. The summed E-state index contributed by atoms with van der Waals surface area (Å²) in [4.78, 5) is 28.3. The standard InChI is InChI=1S/C27H51BrN2O7Si2/c1-25(2,3)36-24(33)30-22(31)18(15-28)16-29(23(30)32)21-14-19(37-39(12,13)27(7,8)9)20(35-21)17-34-38(10,11)26(4,5)6/h16,19-21,23,32H,14-15,17H2,1-13H3/t19?,20-,21-,23?/m1/s1. The SMILES string of the molecule is CC(C)(C)OC(=O)N1C(=O)C(CBr)=CN([C@H]2CC(O[Si](C)(C)C(C)(C)C)[C@@H](CO[Si](C)(C)C(C)(C)C)O2)C1O. The van der Waals surface area contributed by atoms with Gasteiger partial charge in [0.2, 0.25) is 6.35 Å². The van der Waals surface area contributed by atoms with E-state index < -0.39 is 46.8 Å². The van der Waals surface area contributed by atoms with Crippen molar-refractivity contribution < 1.29 is 33.0 Å². The molecule has 12 heteroatoms. The van der Waals surface area contributed by atoms with Crippen molar-refractivity contribution in [3.8, 4) is 0 Å². The lowest BCUT2D eigenvalue weighted by molar-refractivity contribution is -0.176. The fourth-order valence-corrected chi connectivity index (χ4v) is 6.48. The predicted molar refractivity (Wildman–Crippen MR) is 161 cm³/mol. The molecule has 2 unspecified atom stereocenters. The van der Waals surface area contributed by atoms with Crippen molar-refractivity contribution in [3.63, 3.8) is 0 Å². The minimum atomic E-state index is -2.18. The maximum absolute atomic E-state index is 13.1. The topological polar surface area (TPSA) is 97.8 Å². The Morgan fingerprint density at radius 2 is 1.59 bits per heavy atom. The highest BCUT2D eigenvalue weighted by atomic mass is 79.9. The van der Waals surface area contributed by atoms with Gasteiger partial charge in [0.1, 0.15) is 17.9 Å². The van der Waals surface area contributed by atoms with Gasteiger partial charge in [-0.3, -0.25) is 4.79 Å². The van der Waals surface area contributed by atoms with Gasteiger partial charge in [0.15, 0.2) is 16.6 Å². The second-order valence-corrected chi connectivity index (χ2v) is 24.7. The summed E-state index contributed by atoms with van der Waals surface area (Å²) in [5.41, 5.74) is -0.534. The molecule has 0 aliphatic carbocycles. The van der Waals surface area contributed by atoms with E-state index in [2.05, 4.69) is 83.7 Å². The van der Waals surface area contributed by atoms with Crippen molar-refractivity contribution in [2.75, 3.05) is 11.9 Å². The molecule has 2 aliphatic rings. The van der Waals surface area contributed by atoms with Crippen molar-refractivity contribution >= 4 is 44.6 Å². The molecule has 1 N–H and O–H groups in total. The predicted octanol–water partition coefficient (Wildman–Crippen LogP) is 6.15. The molecule has 226 valence electrons. The first kappa shape index (κ1) is 34.4. The van der Waals surface area contributed by atoms with Gasteiger partial charge >= 0.3 is 6.09 Å². The first-order chi connectivity index (χ1) is 17.4. The molecule has 2 rings (SSSR count). The minimum Gasteiger partial charge on any atom is -0.443 e. The third-order valence-corrected chi connectivity index (χ3v) is 17.8. The minimum absolute atomic E-state index is 0.0104. The summed E-state index contributed by atoms with van der Waals surface area (Å²) >= 11 is 3.34. The van der Waals surface area contributed by atoms with Crippen LogP contribution in [-0.4, -0.2) is 85.9 Å². The molecular weight excluding hydrogens is 600 g/mol. The number of ether oxygens (including phenoxy) is 2. The van der Waals surface area contributed by atoms with Crippen LogP contribution in [0.4, 0.5) is 4.79 Å².